The Kier molecular flexibility index (Phi) is 5.45. The van der Waals surface area contributed by atoms with Crippen LogP contribution in [-0.4, -0.2) is 12.5 Å². The molecule has 0 aliphatic heterocycles. The van der Waals surface area contributed by atoms with Crippen LogP contribution >= 0.6 is 11.6 Å². The lowest BCUT2D eigenvalue weighted by atomic mass is 10.1. The Morgan fingerprint density at radius 3 is 2.45 bits per heavy atom. The predicted octanol–water partition coefficient (Wildman–Crippen LogP) is 3.96. The van der Waals surface area contributed by atoms with Gasteiger partial charge in [0.2, 0.25) is 0 Å². The van der Waals surface area contributed by atoms with Gasteiger partial charge < -0.3 is 10.1 Å². The SMILES string of the molecule is Cc1cccc(CNC(=O)COc2cc(C)c(Cl)c(C)c2)c1. The number of rotatable bonds is 5. The highest BCUT2D eigenvalue weighted by molar-refractivity contribution is 6.32. The first-order chi connectivity index (χ1) is 10.5. The molecule has 2 rings (SSSR count). The maximum atomic E-state index is 11.8. The van der Waals surface area contributed by atoms with Gasteiger partial charge in [0, 0.05) is 11.6 Å². The normalized spacial score (nSPS) is 10.4. The van der Waals surface area contributed by atoms with E-state index in [1.165, 1.54) is 5.56 Å². The lowest BCUT2D eigenvalue weighted by Crippen LogP contribution is -2.28. The molecule has 0 fully saturated rings. The van der Waals surface area contributed by atoms with E-state index in [9.17, 15) is 4.79 Å². The molecule has 4 heteroatoms. The van der Waals surface area contributed by atoms with Crippen LogP contribution in [0.4, 0.5) is 0 Å². The van der Waals surface area contributed by atoms with E-state index in [2.05, 4.69) is 5.32 Å². The molecular weight excluding hydrogens is 298 g/mol. The number of aryl methyl sites for hydroxylation is 3. The lowest BCUT2D eigenvalue weighted by Gasteiger charge is -2.10. The number of carbonyl (C=O) groups is 1. The smallest absolute Gasteiger partial charge is 0.258 e. The van der Waals surface area contributed by atoms with Crippen molar-refractivity contribution >= 4 is 17.5 Å². The van der Waals surface area contributed by atoms with Crippen molar-refractivity contribution in [2.75, 3.05) is 6.61 Å². The minimum absolute atomic E-state index is 0.00761. The van der Waals surface area contributed by atoms with Crippen molar-refractivity contribution in [2.45, 2.75) is 27.3 Å². The summed E-state index contributed by atoms with van der Waals surface area (Å²) in [5, 5.41) is 3.58. The molecule has 0 heterocycles. The molecule has 3 nitrogen and oxygen atoms in total. The second-order valence-corrected chi connectivity index (χ2v) is 5.80. The van der Waals surface area contributed by atoms with Gasteiger partial charge in [0.25, 0.3) is 5.91 Å². The Morgan fingerprint density at radius 1 is 1.14 bits per heavy atom. The predicted molar refractivity (Wildman–Crippen MR) is 89.4 cm³/mol. The topological polar surface area (TPSA) is 38.3 Å². The molecule has 2 aromatic carbocycles. The Morgan fingerprint density at radius 2 is 1.82 bits per heavy atom. The fraction of sp³-hybridized carbons (Fsp3) is 0.278. The standard InChI is InChI=1S/C18H20ClNO2/c1-12-5-4-6-15(7-12)10-20-17(21)11-22-16-8-13(2)18(19)14(3)9-16/h4-9H,10-11H2,1-3H3,(H,20,21). The molecule has 0 aromatic heterocycles. The largest absolute Gasteiger partial charge is 0.484 e. The molecule has 0 radical (unpaired) electrons. The van der Waals surface area contributed by atoms with Gasteiger partial charge in [0.15, 0.2) is 6.61 Å². The number of benzene rings is 2. The van der Waals surface area contributed by atoms with Crippen LogP contribution in [0, 0.1) is 20.8 Å². The zero-order valence-corrected chi connectivity index (χ0v) is 13.8. The van der Waals surface area contributed by atoms with Crippen molar-refractivity contribution < 1.29 is 9.53 Å². The zero-order valence-electron chi connectivity index (χ0n) is 13.1. The maximum Gasteiger partial charge on any atom is 0.258 e. The first-order valence-corrected chi connectivity index (χ1v) is 7.55. The van der Waals surface area contributed by atoms with Crippen LogP contribution in [0.2, 0.25) is 5.02 Å². The summed E-state index contributed by atoms with van der Waals surface area (Å²) in [5.74, 6) is 0.511. The quantitative estimate of drug-likeness (QED) is 0.906. The van der Waals surface area contributed by atoms with Crippen molar-refractivity contribution in [1.82, 2.24) is 5.32 Å². The highest BCUT2D eigenvalue weighted by Crippen LogP contribution is 2.25. The van der Waals surface area contributed by atoms with Crippen LogP contribution in [-0.2, 0) is 11.3 Å². The molecule has 1 N–H and O–H groups in total. The molecule has 0 spiro atoms. The summed E-state index contributed by atoms with van der Waals surface area (Å²) in [5.41, 5.74) is 4.13. The Labute approximate surface area is 136 Å². The Bertz CT molecular complexity index is 660. The summed E-state index contributed by atoms with van der Waals surface area (Å²) in [7, 11) is 0. The highest BCUT2D eigenvalue weighted by Gasteiger charge is 2.06. The van der Waals surface area contributed by atoms with Crippen LogP contribution < -0.4 is 10.1 Å². The molecular formula is C18H20ClNO2. The third-order valence-corrected chi connectivity index (χ3v) is 3.95. The third-order valence-electron chi connectivity index (χ3n) is 3.35. The van der Waals surface area contributed by atoms with Crippen LogP contribution in [0.1, 0.15) is 22.3 Å². The van der Waals surface area contributed by atoms with Gasteiger partial charge in [0.1, 0.15) is 5.75 Å². The van der Waals surface area contributed by atoms with Crippen molar-refractivity contribution in [3.63, 3.8) is 0 Å². The van der Waals surface area contributed by atoms with Gasteiger partial charge in [-0.05, 0) is 49.6 Å². The van der Waals surface area contributed by atoms with Gasteiger partial charge in [-0.2, -0.15) is 0 Å². The third kappa shape index (κ3) is 4.50. The van der Waals surface area contributed by atoms with E-state index in [1.54, 1.807) is 0 Å². The molecule has 0 bridgehead atoms. The Hall–Kier alpha value is -2.00. The molecule has 0 atom stereocenters. The molecule has 22 heavy (non-hydrogen) atoms. The van der Waals surface area contributed by atoms with E-state index >= 15 is 0 Å². The van der Waals surface area contributed by atoms with Crippen molar-refractivity contribution in [1.29, 1.82) is 0 Å². The first kappa shape index (κ1) is 16.4. The first-order valence-electron chi connectivity index (χ1n) is 7.17. The summed E-state index contributed by atoms with van der Waals surface area (Å²) >= 11 is 6.11. The summed E-state index contributed by atoms with van der Waals surface area (Å²) in [6.45, 7) is 6.36. The van der Waals surface area contributed by atoms with Gasteiger partial charge in [0.05, 0.1) is 0 Å². The number of nitrogens with one attached hydrogen (secondary N) is 1. The van der Waals surface area contributed by atoms with Gasteiger partial charge in [-0.15, -0.1) is 0 Å². The molecule has 1 amide bonds. The van der Waals surface area contributed by atoms with Crippen LogP contribution in [0.3, 0.4) is 0 Å². The minimum Gasteiger partial charge on any atom is -0.484 e. The van der Waals surface area contributed by atoms with Crippen LogP contribution in [0.25, 0.3) is 0 Å². The van der Waals surface area contributed by atoms with E-state index in [1.807, 2.05) is 57.2 Å². The second-order valence-electron chi connectivity index (χ2n) is 5.43. The number of halogens is 1. The molecule has 0 aliphatic rings. The van der Waals surface area contributed by atoms with Gasteiger partial charge in [-0.1, -0.05) is 41.4 Å². The summed E-state index contributed by atoms with van der Waals surface area (Å²) < 4.78 is 5.53. The molecule has 0 unspecified atom stereocenters. The molecule has 116 valence electrons. The highest BCUT2D eigenvalue weighted by atomic mass is 35.5. The molecule has 2 aromatic rings. The fourth-order valence-corrected chi connectivity index (χ4v) is 2.32. The average Bonchev–Trinajstić information content (AvgIpc) is 2.48. The molecule has 0 saturated heterocycles. The van der Waals surface area contributed by atoms with Crippen LogP contribution in [0.15, 0.2) is 36.4 Å². The van der Waals surface area contributed by atoms with E-state index < -0.39 is 0 Å². The summed E-state index contributed by atoms with van der Waals surface area (Å²) in [6, 6.07) is 11.7. The number of carbonyl (C=O) groups excluding carboxylic acids is 1. The summed E-state index contributed by atoms with van der Waals surface area (Å²) in [6.07, 6.45) is 0. The van der Waals surface area contributed by atoms with Crippen molar-refractivity contribution in [3.8, 4) is 5.75 Å². The monoisotopic (exact) mass is 317 g/mol. The minimum atomic E-state index is -0.147. The van der Waals surface area contributed by atoms with Crippen LogP contribution in [0.5, 0.6) is 5.75 Å². The van der Waals surface area contributed by atoms with E-state index in [4.69, 9.17) is 16.3 Å². The van der Waals surface area contributed by atoms with Crippen molar-refractivity contribution in [3.05, 3.63) is 63.7 Å². The molecule has 0 saturated carbocycles. The van der Waals surface area contributed by atoms with Gasteiger partial charge in [-0.3, -0.25) is 4.79 Å². The van der Waals surface area contributed by atoms with E-state index in [0.717, 1.165) is 21.7 Å². The number of hydrogen-bond donors (Lipinski definition) is 1. The van der Waals surface area contributed by atoms with Gasteiger partial charge >= 0.3 is 0 Å². The molecule has 0 aliphatic carbocycles. The van der Waals surface area contributed by atoms with Gasteiger partial charge in [-0.25, -0.2) is 0 Å². The number of amides is 1. The lowest BCUT2D eigenvalue weighted by molar-refractivity contribution is -0.123. The number of ether oxygens (including phenoxy) is 1. The van der Waals surface area contributed by atoms with Crippen molar-refractivity contribution in [2.24, 2.45) is 0 Å². The summed E-state index contributed by atoms with van der Waals surface area (Å²) in [4.78, 5) is 11.8. The average molecular weight is 318 g/mol. The number of hydrogen-bond acceptors (Lipinski definition) is 2. The fourth-order valence-electron chi connectivity index (χ4n) is 2.21. The van der Waals surface area contributed by atoms with E-state index in [-0.39, 0.29) is 12.5 Å². The van der Waals surface area contributed by atoms with E-state index in [0.29, 0.717) is 12.3 Å². The maximum absolute atomic E-state index is 11.8. The zero-order chi connectivity index (χ0) is 16.1. The Balaban J connectivity index is 1.85. The second kappa shape index (κ2) is 7.32.